The maximum atomic E-state index is 11.6. The zero-order valence-corrected chi connectivity index (χ0v) is 10.5. The predicted octanol–water partition coefficient (Wildman–Crippen LogP) is -0.962. The second-order valence-corrected chi connectivity index (χ2v) is 4.05. The molecule has 1 amide bonds. The van der Waals surface area contributed by atoms with E-state index >= 15 is 0 Å². The van der Waals surface area contributed by atoms with Crippen molar-refractivity contribution in [2.24, 2.45) is 0 Å². The Labute approximate surface area is 109 Å². The fraction of sp³-hybridized carbons (Fsp3) is 0.273. The molecule has 7 heteroatoms. The number of benzene rings is 1. The van der Waals surface area contributed by atoms with Crippen LogP contribution in [0.1, 0.15) is 6.42 Å². The van der Waals surface area contributed by atoms with Gasteiger partial charge in [0.05, 0.1) is 25.2 Å². The molecule has 0 radical (unpaired) electrons. The monoisotopic (exact) mass is 272 g/mol. The lowest BCUT2D eigenvalue weighted by Crippen LogP contribution is -2.69. The smallest absolute Gasteiger partial charge is 0.230 e. The lowest BCUT2D eigenvalue weighted by molar-refractivity contribution is -0.436. The third-order valence-corrected chi connectivity index (χ3v) is 2.44. The van der Waals surface area contributed by atoms with E-state index in [1.165, 1.54) is 13.2 Å². The molecule has 0 spiro atoms. The summed E-state index contributed by atoms with van der Waals surface area (Å²) in [6, 6.07) is 3.62. The van der Waals surface area contributed by atoms with Crippen molar-refractivity contribution in [2.75, 3.05) is 12.4 Å². The van der Waals surface area contributed by atoms with Gasteiger partial charge in [-0.05, 0) is 18.2 Å². The fourth-order valence-electron chi connectivity index (χ4n) is 1.29. The molecule has 0 aromatic heterocycles. The maximum absolute atomic E-state index is 11.6. The van der Waals surface area contributed by atoms with Crippen LogP contribution in [-0.2, 0) is 9.59 Å². The molecule has 0 aliphatic rings. The molecular weight excluding hydrogens is 260 g/mol. The van der Waals surface area contributed by atoms with Gasteiger partial charge in [0.25, 0.3) is 0 Å². The summed E-state index contributed by atoms with van der Waals surface area (Å²) < 4.78 is 5.04. The number of carboxylic acids is 1. The molecule has 0 fully saturated rings. The first kappa shape index (κ1) is 14.3. The minimum atomic E-state index is -1.37. The lowest BCUT2D eigenvalue weighted by Gasteiger charge is -2.12. The number of nitrogens with one attached hydrogen (secondary N) is 1. The third kappa shape index (κ3) is 3.90. The molecule has 1 rings (SSSR count). The maximum Gasteiger partial charge on any atom is 0.230 e. The number of rotatable bonds is 5. The Morgan fingerprint density at radius 1 is 1.56 bits per heavy atom. The second kappa shape index (κ2) is 6.23. The van der Waals surface area contributed by atoms with Gasteiger partial charge in [-0.3, -0.25) is 4.79 Å². The van der Waals surface area contributed by atoms with Gasteiger partial charge in [-0.25, -0.2) is 0 Å². The topological polar surface area (TPSA) is 106 Å². The zero-order chi connectivity index (χ0) is 13.7. The Balaban J connectivity index is 2.75. The van der Waals surface area contributed by atoms with E-state index in [4.69, 9.17) is 16.3 Å². The number of halogens is 1. The normalized spacial score (nSPS) is 11.7. The Morgan fingerprint density at radius 2 is 2.22 bits per heavy atom. The second-order valence-electron chi connectivity index (χ2n) is 3.61. The van der Waals surface area contributed by atoms with E-state index in [1.807, 2.05) is 0 Å². The van der Waals surface area contributed by atoms with E-state index in [0.717, 1.165) is 0 Å². The summed E-state index contributed by atoms with van der Waals surface area (Å²) in [6.45, 7) is 0. The summed E-state index contributed by atoms with van der Waals surface area (Å²) in [6.07, 6.45) is -0.280. The van der Waals surface area contributed by atoms with Crippen molar-refractivity contribution < 1.29 is 25.2 Å². The number of ether oxygens (including phenoxy) is 1. The van der Waals surface area contributed by atoms with Crippen LogP contribution >= 0.6 is 11.6 Å². The number of anilines is 1. The lowest BCUT2D eigenvalue weighted by atomic mass is 10.2. The predicted molar refractivity (Wildman–Crippen MR) is 62.9 cm³/mol. The third-order valence-electron chi connectivity index (χ3n) is 2.20. The van der Waals surface area contributed by atoms with Gasteiger partial charge in [0.15, 0.2) is 0 Å². The van der Waals surface area contributed by atoms with Crippen LogP contribution in [0.5, 0.6) is 5.75 Å². The van der Waals surface area contributed by atoms with Gasteiger partial charge in [0, 0.05) is 5.02 Å². The average Bonchev–Trinajstić information content (AvgIpc) is 2.28. The van der Waals surface area contributed by atoms with Crippen LogP contribution in [-0.4, -0.2) is 25.0 Å². The first-order valence-corrected chi connectivity index (χ1v) is 5.49. The molecule has 0 unspecified atom stereocenters. The van der Waals surface area contributed by atoms with E-state index in [0.29, 0.717) is 16.5 Å². The van der Waals surface area contributed by atoms with Gasteiger partial charge < -0.3 is 25.7 Å². The highest BCUT2D eigenvalue weighted by molar-refractivity contribution is 6.31. The molecule has 4 N–H and O–H groups in total. The molecule has 0 heterocycles. The zero-order valence-electron chi connectivity index (χ0n) is 9.73. The van der Waals surface area contributed by atoms with E-state index in [9.17, 15) is 14.7 Å². The molecule has 0 aliphatic carbocycles. The van der Waals surface area contributed by atoms with Crippen LogP contribution in [0.4, 0.5) is 5.69 Å². The van der Waals surface area contributed by atoms with Crippen molar-refractivity contribution >= 4 is 29.2 Å². The quantitative estimate of drug-likeness (QED) is 0.720. The van der Waals surface area contributed by atoms with Crippen LogP contribution in [0.15, 0.2) is 18.2 Å². The van der Waals surface area contributed by atoms with E-state index < -0.39 is 17.9 Å². The highest BCUT2D eigenvalue weighted by atomic mass is 35.5. The van der Waals surface area contributed by atoms with Gasteiger partial charge in [0.1, 0.15) is 11.8 Å². The summed E-state index contributed by atoms with van der Waals surface area (Å²) in [5.74, 6) is -1.44. The Kier molecular flexibility index (Phi) is 4.94. The van der Waals surface area contributed by atoms with Crippen LogP contribution in [0.3, 0.4) is 0 Å². The Morgan fingerprint density at radius 3 is 2.78 bits per heavy atom. The molecule has 6 nitrogen and oxygen atoms in total. The standard InChI is InChI=1S/C11H13ClN2O4/c1-18-9-3-2-6(12)4-8(9)14-10(15)5-7(13)11(16)17/h2-4,7H,5,13H2,1H3,(H,14,15)(H,16,17)/t7-/m0/s1. The number of methoxy groups -OCH3 is 1. The number of aliphatic carboxylic acids is 1. The van der Waals surface area contributed by atoms with Crippen molar-refractivity contribution in [3.05, 3.63) is 23.2 Å². The summed E-state index contributed by atoms with van der Waals surface area (Å²) in [5, 5.41) is 13.4. The van der Waals surface area contributed by atoms with Crippen LogP contribution in [0.25, 0.3) is 0 Å². The number of quaternary nitrogens is 1. The first-order chi connectivity index (χ1) is 8.43. The summed E-state index contributed by atoms with van der Waals surface area (Å²) in [5.41, 5.74) is 3.67. The molecule has 1 aromatic carbocycles. The summed E-state index contributed by atoms with van der Waals surface area (Å²) in [4.78, 5) is 22.0. The number of carbonyl (C=O) groups excluding carboxylic acids is 2. The molecule has 0 bridgehead atoms. The minimum Gasteiger partial charge on any atom is -0.544 e. The van der Waals surface area contributed by atoms with Crippen LogP contribution in [0, 0.1) is 0 Å². The molecular formula is C11H13ClN2O4. The highest BCUT2D eigenvalue weighted by Gasteiger charge is 2.15. The van der Waals surface area contributed by atoms with Gasteiger partial charge in [-0.1, -0.05) is 11.6 Å². The van der Waals surface area contributed by atoms with Crippen LogP contribution in [0.2, 0.25) is 5.02 Å². The van der Waals surface area contributed by atoms with Crippen LogP contribution < -0.4 is 20.9 Å². The van der Waals surface area contributed by atoms with Crippen molar-refractivity contribution in [3.63, 3.8) is 0 Å². The first-order valence-electron chi connectivity index (χ1n) is 5.11. The SMILES string of the molecule is COc1ccc(Cl)cc1NC(=O)C[C@H]([NH3+])C(=O)[O-]. The molecule has 1 aromatic rings. The van der Waals surface area contributed by atoms with Crippen molar-refractivity contribution in [2.45, 2.75) is 12.5 Å². The summed E-state index contributed by atoms with van der Waals surface area (Å²) >= 11 is 5.79. The Bertz CT molecular complexity index is 464. The summed E-state index contributed by atoms with van der Waals surface area (Å²) in [7, 11) is 1.45. The fourth-order valence-corrected chi connectivity index (χ4v) is 1.46. The molecule has 0 aliphatic heterocycles. The molecule has 0 saturated heterocycles. The number of hydrogen-bond donors (Lipinski definition) is 2. The molecule has 98 valence electrons. The van der Waals surface area contributed by atoms with Gasteiger partial charge in [-0.2, -0.15) is 0 Å². The molecule has 18 heavy (non-hydrogen) atoms. The average molecular weight is 273 g/mol. The van der Waals surface area contributed by atoms with Crippen molar-refractivity contribution in [3.8, 4) is 5.75 Å². The van der Waals surface area contributed by atoms with Crippen molar-refractivity contribution in [1.29, 1.82) is 0 Å². The van der Waals surface area contributed by atoms with E-state index in [1.54, 1.807) is 12.1 Å². The van der Waals surface area contributed by atoms with Gasteiger partial charge >= 0.3 is 0 Å². The van der Waals surface area contributed by atoms with Crippen molar-refractivity contribution in [1.82, 2.24) is 0 Å². The molecule has 1 atom stereocenters. The van der Waals surface area contributed by atoms with Gasteiger partial charge in [-0.15, -0.1) is 0 Å². The van der Waals surface area contributed by atoms with Gasteiger partial charge in [0.2, 0.25) is 5.91 Å². The Hall–Kier alpha value is -1.79. The largest absolute Gasteiger partial charge is 0.544 e. The number of carboxylic acid groups (broad SMARTS) is 1. The number of carbonyl (C=O) groups is 2. The van der Waals surface area contributed by atoms with E-state index in [2.05, 4.69) is 11.1 Å². The molecule has 0 saturated carbocycles. The highest BCUT2D eigenvalue weighted by Crippen LogP contribution is 2.27. The number of hydrogen-bond acceptors (Lipinski definition) is 4. The van der Waals surface area contributed by atoms with E-state index in [-0.39, 0.29) is 6.42 Å². The minimum absolute atomic E-state index is 0.280. The number of amides is 1.